The van der Waals surface area contributed by atoms with Crippen LogP contribution in [0.25, 0.3) is 11.0 Å². The first-order valence-corrected chi connectivity index (χ1v) is 9.07. The van der Waals surface area contributed by atoms with Gasteiger partial charge in [-0.1, -0.05) is 31.4 Å². The molecule has 2 heterocycles. The summed E-state index contributed by atoms with van der Waals surface area (Å²) < 4.78 is 3.66. The third kappa shape index (κ3) is 2.65. The number of tetrazole rings is 1. The van der Waals surface area contributed by atoms with Gasteiger partial charge in [-0.15, -0.1) is 5.10 Å². The summed E-state index contributed by atoms with van der Waals surface area (Å²) in [6, 6.07) is 7.76. The Kier molecular flexibility index (Phi) is 4.18. The van der Waals surface area contributed by atoms with E-state index in [2.05, 4.69) is 20.8 Å². The van der Waals surface area contributed by atoms with E-state index in [0.717, 1.165) is 49.0 Å². The fourth-order valence-corrected chi connectivity index (χ4v) is 4.00. The van der Waals surface area contributed by atoms with Crippen LogP contribution in [0, 0.1) is 0 Å². The molecule has 0 spiro atoms. The molecular formula is C18H23N7O. The standard InChI is InChI=1S/C18H23N7O/c1-13(16-21-14-8-4-5-9-15(14)24(16)2)20-17(26)18(10-6-3-7-11-18)25-12-19-22-23-25/h4-5,8-9,12-13H,3,6-7,10-11H2,1-2H3,(H,20,26)/t13-/m1/s1. The molecule has 1 N–H and O–H groups in total. The smallest absolute Gasteiger partial charge is 0.248 e. The van der Waals surface area contributed by atoms with Gasteiger partial charge in [0.05, 0.1) is 17.1 Å². The number of hydrogen-bond acceptors (Lipinski definition) is 5. The number of aromatic nitrogens is 6. The minimum Gasteiger partial charge on any atom is -0.344 e. The lowest BCUT2D eigenvalue weighted by Gasteiger charge is -2.35. The van der Waals surface area contributed by atoms with Crippen molar-refractivity contribution in [2.75, 3.05) is 0 Å². The van der Waals surface area contributed by atoms with E-state index in [1.54, 1.807) is 11.0 Å². The molecule has 3 aromatic rings. The normalized spacial score (nSPS) is 17.9. The lowest BCUT2D eigenvalue weighted by atomic mass is 9.81. The zero-order valence-corrected chi connectivity index (χ0v) is 15.1. The molecule has 1 aromatic carbocycles. The van der Waals surface area contributed by atoms with Gasteiger partial charge in [-0.05, 0) is 42.3 Å². The minimum absolute atomic E-state index is 0.0379. The average Bonchev–Trinajstić information content (AvgIpc) is 3.31. The summed E-state index contributed by atoms with van der Waals surface area (Å²) in [4.78, 5) is 18.0. The number of aryl methyl sites for hydroxylation is 1. The number of nitrogens with one attached hydrogen (secondary N) is 1. The van der Waals surface area contributed by atoms with E-state index >= 15 is 0 Å². The fraction of sp³-hybridized carbons (Fsp3) is 0.500. The molecule has 1 fully saturated rings. The Morgan fingerprint density at radius 2 is 2.00 bits per heavy atom. The Labute approximate surface area is 151 Å². The molecule has 0 radical (unpaired) electrons. The number of imidazole rings is 1. The molecule has 1 aliphatic carbocycles. The third-order valence-corrected chi connectivity index (χ3v) is 5.45. The van der Waals surface area contributed by atoms with E-state index in [4.69, 9.17) is 4.98 Å². The topological polar surface area (TPSA) is 90.5 Å². The van der Waals surface area contributed by atoms with Crippen molar-refractivity contribution >= 4 is 16.9 Å². The fourth-order valence-electron chi connectivity index (χ4n) is 4.00. The molecule has 2 aromatic heterocycles. The van der Waals surface area contributed by atoms with Crippen molar-refractivity contribution in [2.24, 2.45) is 7.05 Å². The number of fused-ring (bicyclic) bond motifs is 1. The molecule has 1 atom stereocenters. The van der Waals surface area contributed by atoms with Crippen molar-refractivity contribution in [3.8, 4) is 0 Å². The molecule has 26 heavy (non-hydrogen) atoms. The van der Waals surface area contributed by atoms with Gasteiger partial charge >= 0.3 is 0 Å². The van der Waals surface area contributed by atoms with Gasteiger partial charge in [-0.25, -0.2) is 9.67 Å². The Balaban J connectivity index is 1.62. The summed E-state index contributed by atoms with van der Waals surface area (Å²) in [6.07, 6.45) is 6.17. The Bertz CT molecular complexity index is 909. The Morgan fingerprint density at radius 3 is 2.69 bits per heavy atom. The van der Waals surface area contributed by atoms with E-state index in [1.165, 1.54) is 0 Å². The summed E-state index contributed by atoms with van der Waals surface area (Å²) in [5, 5.41) is 14.7. The molecule has 0 bridgehead atoms. The highest BCUT2D eigenvalue weighted by Crippen LogP contribution is 2.35. The van der Waals surface area contributed by atoms with Crippen molar-refractivity contribution in [1.29, 1.82) is 0 Å². The Hall–Kier alpha value is -2.77. The first-order chi connectivity index (χ1) is 12.6. The molecule has 0 aliphatic heterocycles. The molecule has 0 saturated heterocycles. The van der Waals surface area contributed by atoms with Crippen LogP contribution >= 0.6 is 0 Å². The lowest BCUT2D eigenvalue weighted by molar-refractivity contribution is -0.133. The molecule has 1 saturated carbocycles. The van der Waals surface area contributed by atoms with Gasteiger partial charge < -0.3 is 9.88 Å². The zero-order chi connectivity index (χ0) is 18.1. The van der Waals surface area contributed by atoms with E-state index in [1.807, 2.05) is 42.8 Å². The van der Waals surface area contributed by atoms with E-state index in [9.17, 15) is 4.79 Å². The highest BCUT2D eigenvalue weighted by atomic mass is 16.2. The van der Waals surface area contributed by atoms with E-state index < -0.39 is 5.54 Å². The predicted octanol–water partition coefficient (Wildman–Crippen LogP) is 2.10. The first-order valence-electron chi connectivity index (χ1n) is 9.07. The van der Waals surface area contributed by atoms with Gasteiger partial charge in [0.2, 0.25) is 5.91 Å². The second-order valence-corrected chi connectivity index (χ2v) is 7.06. The molecule has 1 aliphatic rings. The molecule has 1 amide bonds. The number of carbonyl (C=O) groups is 1. The number of benzene rings is 1. The van der Waals surface area contributed by atoms with Gasteiger partial charge in [0.1, 0.15) is 17.7 Å². The van der Waals surface area contributed by atoms with E-state index in [0.29, 0.717) is 0 Å². The van der Waals surface area contributed by atoms with Gasteiger partial charge in [0, 0.05) is 7.05 Å². The summed E-state index contributed by atoms with van der Waals surface area (Å²) in [5.41, 5.74) is 1.27. The summed E-state index contributed by atoms with van der Waals surface area (Å²) in [6.45, 7) is 1.97. The second-order valence-electron chi connectivity index (χ2n) is 7.06. The molecular weight excluding hydrogens is 330 g/mol. The number of rotatable bonds is 4. The van der Waals surface area contributed by atoms with Crippen LogP contribution in [0.5, 0.6) is 0 Å². The summed E-state index contributed by atoms with van der Waals surface area (Å²) in [7, 11) is 1.98. The van der Waals surface area contributed by atoms with Crippen LogP contribution in [-0.4, -0.2) is 35.7 Å². The van der Waals surface area contributed by atoms with Crippen molar-refractivity contribution < 1.29 is 4.79 Å². The molecule has 8 nitrogen and oxygen atoms in total. The SMILES string of the molecule is C[C@@H](NC(=O)C1(n2cnnn2)CCCCC1)c1nc2ccccc2n1C. The quantitative estimate of drug-likeness (QED) is 0.776. The monoisotopic (exact) mass is 353 g/mol. The van der Waals surface area contributed by atoms with Crippen LogP contribution < -0.4 is 5.32 Å². The lowest BCUT2D eigenvalue weighted by Crippen LogP contribution is -2.51. The van der Waals surface area contributed by atoms with Crippen LogP contribution in [0.3, 0.4) is 0 Å². The van der Waals surface area contributed by atoms with Crippen LogP contribution in [0.15, 0.2) is 30.6 Å². The molecule has 4 rings (SSSR count). The Morgan fingerprint density at radius 1 is 1.23 bits per heavy atom. The second kappa shape index (κ2) is 6.51. The summed E-state index contributed by atoms with van der Waals surface area (Å²) >= 11 is 0. The number of carbonyl (C=O) groups excluding carboxylic acids is 1. The van der Waals surface area contributed by atoms with Crippen molar-refractivity contribution in [1.82, 2.24) is 35.1 Å². The van der Waals surface area contributed by atoms with E-state index in [-0.39, 0.29) is 11.9 Å². The molecule has 8 heteroatoms. The maximum Gasteiger partial charge on any atom is 0.248 e. The predicted molar refractivity (Wildman–Crippen MR) is 96.1 cm³/mol. The first kappa shape index (κ1) is 16.7. The van der Waals surface area contributed by atoms with Crippen molar-refractivity contribution in [3.05, 3.63) is 36.4 Å². The minimum atomic E-state index is -0.708. The van der Waals surface area contributed by atoms with Crippen LogP contribution in [-0.2, 0) is 17.4 Å². The van der Waals surface area contributed by atoms with Crippen molar-refractivity contribution in [3.63, 3.8) is 0 Å². The maximum atomic E-state index is 13.3. The van der Waals surface area contributed by atoms with Gasteiger partial charge in [-0.3, -0.25) is 4.79 Å². The van der Waals surface area contributed by atoms with Crippen LogP contribution in [0.2, 0.25) is 0 Å². The van der Waals surface area contributed by atoms with Gasteiger partial charge in [0.15, 0.2) is 0 Å². The zero-order valence-electron chi connectivity index (χ0n) is 15.1. The number of hydrogen-bond donors (Lipinski definition) is 1. The van der Waals surface area contributed by atoms with Crippen LogP contribution in [0.1, 0.15) is 50.9 Å². The number of amides is 1. The largest absolute Gasteiger partial charge is 0.344 e. The molecule has 136 valence electrons. The third-order valence-electron chi connectivity index (χ3n) is 5.45. The molecule has 0 unspecified atom stereocenters. The number of nitrogens with zero attached hydrogens (tertiary/aromatic N) is 6. The highest BCUT2D eigenvalue weighted by molar-refractivity contribution is 5.85. The number of para-hydroxylation sites is 2. The average molecular weight is 353 g/mol. The highest BCUT2D eigenvalue weighted by Gasteiger charge is 2.43. The van der Waals surface area contributed by atoms with Crippen LogP contribution in [0.4, 0.5) is 0 Å². The van der Waals surface area contributed by atoms with Gasteiger partial charge in [0.25, 0.3) is 0 Å². The maximum absolute atomic E-state index is 13.3. The summed E-state index contributed by atoms with van der Waals surface area (Å²) in [5.74, 6) is 0.797. The van der Waals surface area contributed by atoms with Gasteiger partial charge in [-0.2, -0.15) is 0 Å². The van der Waals surface area contributed by atoms with Crippen molar-refractivity contribution in [2.45, 2.75) is 50.6 Å².